The zero-order valence-corrected chi connectivity index (χ0v) is 8.79. The molecule has 4 heteroatoms. The molecule has 3 atom stereocenters. The van der Waals surface area contributed by atoms with Crippen LogP contribution in [0, 0.1) is 0 Å². The summed E-state index contributed by atoms with van der Waals surface area (Å²) in [6.07, 6.45) is -0.0579. The van der Waals surface area contributed by atoms with Crippen molar-refractivity contribution < 1.29 is 9.84 Å². The van der Waals surface area contributed by atoms with Gasteiger partial charge in [0.2, 0.25) is 0 Å². The summed E-state index contributed by atoms with van der Waals surface area (Å²) in [7, 11) is 0. The minimum Gasteiger partial charge on any atom is -0.388 e. The smallest absolute Gasteiger partial charge is 0.0991 e. The molecule has 4 N–H and O–H groups in total. The van der Waals surface area contributed by atoms with Gasteiger partial charge in [-0.05, 0) is 34.1 Å². The van der Waals surface area contributed by atoms with E-state index in [1.807, 2.05) is 27.7 Å². The van der Waals surface area contributed by atoms with E-state index in [0.717, 1.165) is 0 Å². The van der Waals surface area contributed by atoms with Crippen LogP contribution in [-0.2, 0) is 4.74 Å². The first-order valence-corrected chi connectivity index (χ1v) is 4.64. The summed E-state index contributed by atoms with van der Waals surface area (Å²) >= 11 is 0. The van der Waals surface area contributed by atoms with Crippen LogP contribution in [0.3, 0.4) is 0 Å². The van der Waals surface area contributed by atoms with Crippen molar-refractivity contribution >= 4 is 0 Å². The normalized spacial score (nSPS) is 44.8. The number of hydrogen-bond donors (Lipinski definition) is 3. The van der Waals surface area contributed by atoms with E-state index in [4.69, 9.17) is 10.6 Å². The Morgan fingerprint density at radius 1 is 1.46 bits per heavy atom. The second-order valence-electron chi connectivity index (χ2n) is 4.77. The fourth-order valence-corrected chi connectivity index (χ4v) is 2.25. The molecule has 2 unspecified atom stereocenters. The van der Waals surface area contributed by atoms with Crippen molar-refractivity contribution in [1.29, 1.82) is 0 Å². The van der Waals surface area contributed by atoms with Crippen LogP contribution in [0.1, 0.15) is 34.1 Å². The lowest BCUT2D eigenvalue weighted by atomic mass is 9.79. The number of ether oxygens (including phenoxy) is 1. The molecule has 1 aliphatic heterocycles. The van der Waals surface area contributed by atoms with E-state index in [9.17, 15) is 5.11 Å². The van der Waals surface area contributed by atoms with Gasteiger partial charge in [0.15, 0.2) is 0 Å². The Labute approximate surface area is 79.4 Å². The molecule has 1 fully saturated rings. The van der Waals surface area contributed by atoms with Gasteiger partial charge in [0.1, 0.15) is 0 Å². The summed E-state index contributed by atoms with van der Waals surface area (Å²) in [5.41, 5.74) is 1.99. The molecule has 0 aromatic heterocycles. The molecular formula is C9H20N2O2. The van der Waals surface area contributed by atoms with Crippen LogP contribution < -0.4 is 11.3 Å². The monoisotopic (exact) mass is 188 g/mol. The van der Waals surface area contributed by atoms with Gasteiger partial charge in [-0.25, -0.2) is 0 Å². The molecule has 78 valence electrons. The van der Waals surface area contributed by atoms with Crippen molar-refractivity contribution in [3.63, 3.8) is 0 Å². The summed E-state index contributed by atoms with van der Waals surface area (Å²) in [6, 6.07) is 0. The zero-order valence-electron chi connectivity index (χ0n) is 8.79. The van der Waals surface area contributed by atoms with Gasteiger partial charge < -0.3 is 9.84 Å². The highest BCUT2D eigenvalue weighted by Gasteiger charge is 2.46. The van der Waals surface area contributed by atoms with Crippen LogP contribution in [0.25, 0.3) is 0 Å². The summed E-state index contributed by atoms with van der Waals surface area (Å²) < 4.78 is 5.64. The molecule has 1 saturated heterocycles. The van der Waals surface area contributed by atoms with Gasteiger partial charge in [0.25, 0.3) is 0 Å². The Morgan fingerprint density at radius 2 is 2.00 bits per heavy atom. The van der Waals surface area contributed by atoms with Crippen molar-refractivity contribution in [3.05, 3.63) is 0 Å². The predicted molar refractivity (Wildman–Crippen MR) is 51.0 cm³/mol. The van der Waals surface area contributed by atoms with Gasteiger partial charge in [0.05, 0.1) is 23.3 Å². The van der Waals surface area contributed by atoms with Crippen molar-refractivity contribution in [2.24, 2.45) is 5.84 Å². The van der Waals surface area contributed by atoms with Gasteiger partial charge >= 0.3 is 0 Å². The molecule has 0 amide bonds. The first-order valence-electron chi connectivity index (χ1n) is 4.64. The number of hydrazine groups is 1. The standard InChI is InChI=1S/C9H20N2O2/c1-6-7(12)9(4,11-10)5-8(2,3)13-6/h6-7,11-12H,5,10H2,1-4H3/t6?,7-,9?/m1/s1. The maximum atomic E-state index is 9.86. The zero-order chi connectivity index (χ0) is 10.3. The van der Waals surface area contributed by atoms with E-state index in [1.165, 1.54) is 0 Å². The van der Waals surface area contributed by atoms with Crippen molar-refractivity contribution in [2.45, 2.75) is 57.5 Å². The van der Waals surface area contributed by atoms with Gasteiger partial charge in [-0.3, -0.25) is 11.3 Å². The third kappa shape index (κ3) is 2.02. The van der Waals surface area contributed by atoms with Crippen molar-refractivity contribution in [1.82, 2.24) is 5.43 Å². The highest BCUT2D eigenvalue weighted by atomic mass is 16.5. The Balaban J connectivity index is 2.84. The number of rotatable bonds is 1. The number of aliphatic hydroxyl groups is 1. The molecule has 1 rings (SSSR count). The maximum absolute atomic E-state index is 9.86. The molecule has 0 aromatic carbocycles. The summed E-state index contributed by atoms with van der Waals surface area (Å²) in [6.45, 7) is 7.79. The number of aliphatic hydroxyl groups excluding tert-OH is 1. The molecule has 4 nitrogen and oxygen atoms in total. The highest BCUT2D eigenvalue weighted by molar-refractivity contribution is 5.01. The lowest BCUT2D eigenvalue weighted by Crippen LogP contribution is -2.66. The summed E-state index contributed by atoms with van der Waals surface area (Å²) in [4.78, 5) is 0. The van der Waals surface area contributed by atoms with Crippen LogP contribution in [-0.4, -0.2) is 28.5 Å². The predicted octanol–water partition coefficient (Wildman–Crippen LogP) is 0.157. The first-order chi connectivity index (χ1) is 5.81. The van der Waals surface area contributed by atoms with Crippen LogP contribution in [0.15, 0.2) is 0 Å². The molecular weight excluding hydrogens is 168 g/mol. The van der Waals surface area contributed by atoms with Gasteiger partial charge in [-0.15, -0.1) is 0 Å². The molecule has 0 aromatic rings. The van der Waals surface area contributed by atoms with E-state index >= 15 is 0 Å². The molecule has 0 spiro atoms. The Kier molecular flexibility index (Phi) is 2.69. The highest BCUT2D eigenvalue weighted by Crippen LogP contribution is 2.34. The Bertz CT molecular complexity index is 196. The van der Waals surface area contributed by atoms with Crippen molar-refractivity contribution in [3.8, 4) is 0 Å². The fraction of sp³-hybridized carbons (Fsp3) is 1.00. The van der Waals surface area contributed by atoms with Gasteiger partial charge in [-0.2, -0.15) is 0 Å². The van der Waals surface area contributed by atoms with Crippen LogP contribution >= 0.6 is 0 Å². The van der Waals surface area contributed by atoms with E-state index < -0.39 is 11.6 Å². The quantitative estimate of drug-likeness (QED) is 0.405. The van der Waals surface area contributed by atoms with Crippen molar-refractivity contribution in [2.75, 3.05) is 0 Å². The van der Waals surface area contributed by atoms with E-state index in [2.05, 4.69) is 5.43 Å². The third-order valence-electron chi connectivity index (χ3n) is 2.73. The Morgan fingerprint density at radius 3 is 2.46 bits per heavy atom. The largest absolute Gasteiger partial charge is 0.388 e. The summed E-state index contributed by atoms with van der Waals surface area (Å²) in [5, 5.41) is 9.86. The minimum atomic E-state index is -0.564. The molecule has 13 heavy (non-hydrogen) atoms. The van der Waals surface area contributed by atoms with Crippen LogP contribution in [0.4, 0.5) is 0 Å². The molecule has 0 saturated carbocycles. The Hall–Kier alpha value is -0.160. The van der Waals surface area contributed by atoms with Gasteiger partial charge in [-0.1, -0.05) is 0 Å². The van der Waals surface area contributed by atoms with E-state index in [0.29, 0.717) is 6.42 Å². The van der Waals surface area contributed by atoms with E-state index in [-0.39, 0.29) is 11.7 Å². The fourth-order valence-electron chi connectivity index (χ4n) is 2.25. The SMILES string of the molecule is CC1OC(C)(C)CC(C)(NN)[C@@H]1O. The third-order valence-corrected chi connectivity index (χ3v) is 2.73. The van der Waals surface area contributed by atoms with E-state index in [1.54, 1.807) is 0 Å². The minimum absolute atomic E-state index is 0.190. The van der Waals surface area contributed by atoms with Crippen LogP contribution in [0.5, 0.6) is 0 Å². The maximum Gasteiger partial charge on any atom is 0.0991 e. The molecule has 1 aliphatic rings. The van der Waals surface area contributed by atoms with Crippen LogP contribution in [0.2, 0.25) is 0 Å². The number of nitrogens with two attached hydrogens (primary N) is 1. The lowest BCUT2D eigenvalue weighted by molar-refractivity contribution is -0.187. The second kappa shape index (κ2) is 3.20. The average molecular weight is 188 g/mol. The number of nitrogens with one attached hydrogen (secondary N) is 1. The first kappa shape index (κ1) is 10.9. The topological polar surface area (TPSA) is 67.5 Å². The van der Waals surface area contributed by atoms with Gasteiger partial charge in [0, 0.05) is 0 Å². The summed E-state index contributed by atoms with van der Waals surface area (Å²) in [5.74, 6) is 5.45. The second-order valence-corrected chi connectivity index (χ2v) is 4.77. The lowest BCUT2D eigenvalue weighted by Gasteiger charge is -2.48. The molecule has 0 radical (unpaired) electrons. The average Bonchev–Trinajstić information content (AvgIpc) is 1.99. The molecule has 1 heterocycles. The number of hydrogen-bond acceptors (Lipinski definition) is 4. The molecule has 0 bridgehead atoms. The molecule has 0 aliphatic carbocycles.